The Balaban J connectivity index is 2.14. The van der Waals surface area contributed by atoms with Crippen molar-refractivity contribution in [2.75, 3.05) is 12.9 Å². The highest BCUT2D eigenvalue weighted by molar-refractivity contribution is 7.98. The average Bonchev–Trinajstić information content (AvgIpc) is 2.34. The molecule has 0 aliphatic carbocycles. The summed E-state index contributed by atoms with van der Waals surface area (Å²) in [6.45, 7) is 3.72. The molecule has 0 aliphatic heterocycles. The molecule has 1 aromatic rings. The predicted molar refractivity (Wildman–Crippen MR) is 73.2 cm³/mol. The van der Waals surface area contributed by atoms with E-state index in [9.17, 15) is 0 Å². The van der Waals surface area contributed by atoms with E-state index in [-0.39, 0.29) is 0 Å². The van der Waals surface area contributed by atoms with Gasteiger partial charge in [0, 0.05) is 5.75 Å². The Hall–Kier alpha value is -0.890. The molecule has 0 amide bonds. The zero-order valence-electron chi connectivity index (χ0n) is 9.95. The maximum atomic E-state index is 5.12. The minimum Gasteiger partial charge on any atom is -0.497 e. The Labute approximate surface area is 103 Å². The van der Waals surface area contributed by atoms with Crippen molar-refractivity contribution in [3.05, 3.63) is 42.5 Å². The molecule has 0 aliphatic rings. The standard InChI is InChI=1S/C14H20OS/c1-3-4-5-6-11-16-12-13-7-9-14(15-2)10-8-13/h3,7-10H,1,4-6,11-12H2,2H3. The number of ether oxygens (including phenoxy) is 1. The van der Waals surface area contributed by atoms with Crippen LogP contribution in [0.2, 0.25) is 0 Å². The molecule has 16 heavy (non-hydrogen) atoms. The third-order valence-electron chi connectivity index (χ3n) is 2.37. The highest BCUT2D eigenvalue weighted by atomic mass is 32.2. The molecule has 2 heteroatoms. The fourth-order valence-electron chi connectivity index (χ4n) is 1.40. The second kappa shape index (κ2) is 8.28. The largest absolute Gasteiger partial charge is 0.497 e. The molecule has 1 nitrogen and oxygen atoms in total. The Morgan fingerprint density at radius 2 is 2.00 bits per heavy atom. The van der Waals surface area contributed by atoms with Crippen LogP contribution >= 0.6 is 11.8 Å². The van der Waals surface area contributed by atoms with Crippen molar-refractivity contribution in [3.8, 4) is 5.75 Å². The number of methoxy groups -OCH3 is 1. The van der Waals surface area contributed by atoms with Crippen LogP contribution in [-0.2, 0) is 5.75 Å². The lowest BCUT2D eigenvalue weighted by Crippen LogP contribution is -1.86. The fourth-order valence-corrected chi connectivity index (χ4v) is 2.39. The summed E-state index contributed by atoms with van der Waals surface area (Å²) in [4.78, 5) is 0. The van der Waals surface area contributed by atoms with E-state index in [4.69, 9.17) is 4.74 Å². The minimum absolute atomic E-state index is 0.930. The normalized spacial score (nSPS) is 10.1. The van der Waals surface area contributed by atoms with E-state index in [0.717, 1.165) is 17.9 Å². The topological polar surface area (TPSA) is 9.23 Å². The molecule has 0 atom stereocenters. The first kappa shape index (κ1) is 13.2. The zero-order valence-corrected chi connectivity index (χ0v) is 10.8. The first-order valence-corrected chi connectivity index (χ1v) is 6.84. The summed E-state index contributed by atoms with van der Waals surface area (Å²) in [5.74, 6) is 3.26. The van der Waals surface area contributed by atoms with Gasteiger partial charge in [0.15, 0.2) is 0 Å². The van der Waals surface area contributed by atoms with Gasteiger partial charge in [0.25, 0.3) is 0 Å². The third-order valence-corrected chi connectivity index (χ3v) is 3.49. The van der Waals surface area contributed by atoms with Crippen molar-refractivity contribution in [2.24, 2.45) is 0 Å². The van der Waals surface area contributed by atoms with Crippen molar-refractivity contribution in [2.45, 2.75) is 25.0 Å². The van der Waals surface area contributed by atoms with Crippen LogP contribution in [0.1, 0.15) is 24.8 Å². The van der Waals surface area contributed by atoms with Gasteiger partial charge in [-0.15, -0.1) is 6.58 Å². The van der Waals surface area contributed by atoms with Gasteiger partial charge < -0.3 is 4.74 Å². The van der Waals surface area contributed by atoms with Crippen molar-refractivity contribution in [1.82, 2.24) is 0 Å². The summed E-state index contributed by atoms with van der Waals surface area (Å²) in [5, 5.41) is 0. The van der Waals surface area contributed by atoms with E-state index >= 15 is 0 Å². The van der Waals surface area contributed by atoms with Crippen LogP contribution in [0, 0.1) is 0 Å². The van der Waals surface area contributed by atoms with Gasteiger partial charge in [-0.1, -0.05) is 18.2 Å². The molecule has 0 saturated carbocycles. The molecule has 1 rings (SSSR count). The quantitative estimate of drug-likeness (QED) is 0.492. The van der Waals surface area contributed by atoms with Crippen LogP contribution in [0.4, 0.5) is 0 Å². The van der Waals surface area contributed by atoms with Crippen molar-refractivity contribution < 1.29 is 4.74 Å². The van der Waals surface area contributed by atoms with Crippen LogP contribution in [0.5, 0.6) is 5.75 Å². The van der Waals surface area contributed by atoms with Crippen LogP contribution in [0.25, 0.3) is 0 Å². The molecule has 1 aromatic carbocycles. The number of allylic oxidation sites excluding steroid dienone is 1. The lowest BCUT2D eigenvalue weighted by Gasteiger charge is -2.03. The first-order chi connectivity index (χ1) is 7.86. The lowest BCUT2D eigenvalue weighted by molar-refractivity contribution is 0.414. The van der Waals surface area contributed by atoms with E-state index in [1.807, 2.05) is 30.0 Å². The first-order valence-electron chi connectivity index (χ1n) is 5.68. The van der Waals surface area contributed by atoms with Gasteiger partial charge in [0.1, 0.15) is 5.75 Å². The Bertz CT molecular complexity index is 292. The lowest BCUT2D eigenvalue weighted by atomic mass is 10.2. The summed E-state index contributed by atoms with van der Waals surface area (Å²) in [6.07, 6.45) is 5.68. The van der Waals surface area contributed by atoms with E-state index < -0.39 is 0 Å². The predicted octanol–water partition coefficient (Wildman–Crippen LogP) is 4.28. The summed E-state index contributed by atoms with van der Waals surface area (Å²) in [5.41, 5.74) is 1.37. The van der Waals surface area contributed by atoms with E-state index in [1.54, 1.807) is 7.11 Å². The minimum atomic E-state index is 0.930. The molecule has 0 saturated heterocycles. The van der Waals surface area contributed by atoms with E-state index in [2.05, 4.69) is 18.7 Å². The van der Waals surface area contributed by atoms with Crippen LogP contribution in [0.15, 0.2) is 36.9 Å². The molecule has 0 bridgehead atoms. The van der Waals surface area contributed by atoms with Gasteiger partial charge in [-0.25, -0.2) is 0 Å². The third kappa shape index (κ3) is 5.26. The molecule has 0 N–H and O–H groups in total. The van der Waals surface area contributed by atoms with Gasteiger partial charge in [-0.05, 0) is 42.7 Å². The maximum Gasteiger partial charge on any atom is 0.118 e. The zero-order chi connectivity index (χ0) is 11.6. The summed E-state index contributed by atoms with van der Waals surface area (Å²) >= 11 is 2.00. The number of unbranched alkanes of at least 4 members (excludes halogenated alkanes) is 2. The summed E-state index contributed by atoms with van der Waals surface area (Å²) < 4.78 is 5.12. The molecule has 0 heterocycles. The Morgan fingerprint density at radius 3 is 2.62 bits per heavy atom. The van der Waals surface area contributed by atoms with Crippen LogP contribution < -0.4 is 4.74 Å². The highest BCUT2D eigenvalue weighted by Crippen LogP contribution is 2.17. The van der Waals surface area contributed by atoms with Crippen molar-refractivity contribution >= 4 is 11.8 Å². The number of hydrogen-bond acceptors (Lipinski definition) is 2. The SMILES string of the molecule is C=CCCCCSCc1ccc(OC)cc1. The molecule has 0 spiro atoms. The molecule has 88 valence electrons. The second-order valence-corrected chi connectivity index (χ2v) is 4.79. The van der Waals surface area contributed by atoms with E-state index in [1.165, 1.54) is 24.2 Å². The smallest absolute Gasteiger partial charge is 0.118 e. The number of benzene rings is 1. The van der Waals surface area contributed by atoms with Crippen molar-refractivity contribution in [3.63, 3.8) is 0 Å². The molecule has 0 aromatic heterocycles. The van der Waals surface area contributed by atoms with Crippen molar-refractivity contribution in [1.29, 1.82) is 0 Å². The van der Waals surface area contributed by atoms with Crippen LogP contribution in [0.3, 0.4) is 0 Å². The Kier molecular flexibility index (Phi) is 6.82. The van der Waals surface area contributed by atoms with E-state index in [0.29, 0.717) is 0 Å². The average molecular weight is 236 g/mol. The second-order valence-electron chi connectivity index (χ2n) is 3.69. The Morgan fingerprint density at radius 1 is 1.25 bits per heavy atom. The number of thioether (sulfide) groups is 1. The fraction of sp³-hybridized carbons (Fsp3) is 0.429. The summed E-state index contributed by atoms with van der Waals surface area (Å²) in [6, 6.07) is 8.31. The van der Waals surface area contributed by atoms with Gasteiger partial charge in [-0.3, -0.25) is 0 Å². The molecular formula is C14H20OS. The molecule has 0 fully saturated rings. The summed E-state index contributed by atoms with van der Waals surface area (Å²) in [7, 11) is 1.70. The van der Waals surface area contributed by atoms with Gasteiger partial charge in [0.05, 0.1) is 7.11 Å². The molecular weight excluding hydrogens is 216 g/mol. The highest BCUT2D eigenvalue weighted by Gasteiger charge is 1.95. The monoisotopic (exact) mass is 236 g/mol. The van der Waals surface area contributed by atoms with Crippen LogP contribution in [-0.4, -0.2) is 12.9 Å². The molecule has 0 radical (unpaired) electrons. The van der Waals surface area contributed by atoms with Gasteiger partial charge >= 0.3 is 0 Å². The molecule has 0 unspecified atom stereocenters. The maximum absolute atomic E-state index is 5.12. The number of hydrogen-bond donors (Lipinski definition) is 0. The van der Waals surface area contributed by atoms with Gasteiger partial charge in [-0.2, -0.15) is 11.8 Å². The number of rotatable bonds is 8. The van der Waals surface area contributed by atoms with Gasteiger partial charge in [0.2, 0.25) is 0 Å².